The molecule has 1 saturated heterocycles. The van der Waals surface area contributed by atoms with Gasteiger partial charge in [0.1, 0.15) is 17.1 Å². The highest BCUT2D eigenvalue weighted by Crippen LogP contribution is 2.27. The van der Waals surface area contributed by atoms with Crippen LogP contribution >= 0.6 is 11.6 Å². The molecule has 0 radical (unpaired) electrons. The fourth-order valence-electron chi connectivity index (χ4n) is 4.24. The predicted molar refractivity (Wildman–Crippen MR) is 125 cm³/mol. The highest BCUT2D eigenvalue weighted by Gasteiger charge is 2.20. The van der Waals surface area contributed by atoms with Crippen molar-refractivity contribution in [1.29, 1.82) is 0 Å². The molecule has 0 bridgehead atoms. The molecule has 0 saturated carbocycles. The molecule has 0 spiro atoms. The number of fused-ring (bicyclic) bond motifs is 1. The summed E-state index contributed by atoms with van der Waals surface area (Å²) in [6.45, 7) is 5.08. The number of halogens is 1. The van der Waals surface area contributed by atoms with Gasteiger partial charge in [-0.15, -0.1) is 0 Å². The molecule has 2 aromatic heterocycles. The molecule has 2 N–H and O–H groups in total. The van der Waals surface area contributed by atoms with E-state index >= 15 is 0 Å². The topological polar surface area (TPSA) is 70.4 Å². The molecule has 1 atom stereocenters. The minimum absolute atomic E-state index is 0.192. The Morgan fingerprint density at radius 1 is 1.26 bits per heavy atom. The number of aromatic nitrogens is 1. The summed E-state index contributed by atoms with van der Waals surface area (Å²) < 4.78 is 5.55. The number of furan rings is 1. The summed E-state index contributed by atoms with van der Waals surface area (Å²) in [5, 5.41) is 7.76. The molecule has 4 rings (SSSR count). The first-order chi connectivity index (χ1) is 15.1. The van der Waals surface area contributed by atoms with Gasteiger partial charge in [-0.1, -0.05) is 24.9 Å². The fourth-order valence-corrected chi connectivity index (χ4v) is 4.36. The maximum Gasteiger partial charge on any atom is 0.270 e. The monoisotopic (exact) mass is 440 g/mol. The number of benzene rings is 1. The first-order valence-corrected chi connectivity index (χ1v) is 11.4. The third-order valence-corrected chi connectivity index (χ3v) is 6.17. The number of rotatable bonds is 8. The summed E-state index contributed by atoms with van der Waals surface area (Å²) in [4.78, 5) is 19.9. The van der Waals surface area contributed by atoms with E-state index in [1.165, 1.54) is 32.2 Å². The summed E-state index contributed by atoms with van der Waals surface area (Å²) in [5.41, 5.74) is 1.79. The van der Waals surface area contributed by atoms with Gasteiger partial charge in [0, 0.05) is 35.9 Å². The third kappa shape index (κ3) is 5.38. The number of anilines is 2. The van der Waals surface area contributed by atoms with Crippen molar-refractivity contribution in [3.63, 3.8) is 0 Å². The molecule has 1 fully saturated rings. The quantitative estimate of drug-likeness (QED) is 0.445. The number of hydrogen-bond acceptors (Lipinski definition) is 5. The van der Waals surface area contributed by atoms with Gasteiger partial charge in [0.05, 0.1) is 11.6 Å². The van der Waals surface area contributed by atoms with Crippen LogP contribution in [0.3, 0.4) is 0 Å². The second-order valence-corrected chi connectivity index (χ2v) is 8.46. The predicted octanol–water partition coefficient (Wildman–Crippen LogP) is 5.61. The lowest BCUT2D eigenvalue weighted by molar-refractivity contribution is 0.0942. The molecule has 1 aliphatic rings. The van der Waals surface area contributed by atoms with Gasteiger partial charge in [0.2, 0.25) is 0 Å². The Balaban J connectivity index is 1.39. The van der Waals surface area contributed by atoms with Gasteiger partial charge < -0.3 is 20.0 Å². The van der Waals surface area contributed by atoms with Crippen molar-refractivity contribution in [1.82, 2.24) is 15.2 Å². The smallest absolute Gasteiger partial charge is 0.270 e. The summed E-state index contributed by atoms with van der Waals surface area (Å²) in [5.74, 6) is 0.390. The Morgan fingerprint density at radius 3 is 2.90 bits per heavy atom. The van der Waals surface area contributed by atoms with E-state index in [2.05, 4.69) is 27.4 Å². The Labute approximate surface area is 188 Å². The minimum Gasteiger partial charge on any atom is -0.464 e. The van der Waals surface area contributed by atoms with Gasteiger partial charge >= 0.3 is 0 Å². The van der Waals surface area contributed by atoms with Gasteiger partial charge in [-0.2, -0.15) is 0 Å². The van der Waals surface area contributed by atoms with E-state index in [-0.39, 0.29) is 5.91 Å². The molecule has 31 heavy (non-hydrogen) atoms. The number of nitrogens with one attached hydrogen (secondary N) is 2. The SMILES string of the molecule is CC[C@@H]1CCCCN1CCCNC(=O)c1cc2occc2c(Nc2ccc(Cl)cc2)n1. The average molecular weight is 441 g/mol. The summed E-state index contributed by atoms with van der Waals surface area (Å²) >= 11 is 5.97. The van der Waals surface area contributed by atoms with Gasteiger partial charge in [-0.25, -0.2) is 4.98 Å². The minimum atomic E-state index is -0.192. The van der Waals surface area contributed by atoms with Crippen LogP contribution in [0, 0.1) is 0 Å². The second-order valence-electron chi connectivity index (χ2n) is 8.02. The number of likely N-dealkylation sites (tertiary alicyclic amines) is 1. The van der Waals surface area contributed by atoms with Crippen molar-refractivity contribution in [2.75, 3.05) is 25.0 Å². The van der Waals surface area contributed by atoms with Crippen LogP contribution in [0.25, 0.3) is 11.0 Å². The first kappa shape index (κ1) is 21.7. The molecule has 0 unspecified atom stereocenters. The van der Waals surface area contributed by atoms with E-state index < -0.39 is 0 Å². The summed E-state index contributed by atoms with van der Waals surface area (Å²) in [6, 6.07) is 11.6. The number of amides is 1. The van der Waals surface area contributed by atoms with Crippen LogP contribution in [0.5, 0.6) is 0 Å². The highest BCUT2D eigenvalue weighted by atomic mass is 35.5. The van der Waals surface area contributed by atoms with E-state index in [1.54, 1.807) is 24.5 Å². The first-order valence-electron chi connectivity index (χ1n) is 11.1. The second kappa shape index (κ2) is 10.2. The average Bonchev–Trinajstić information content (AvgIpc) is 3.27. The molecule has 3 heterocycles. The van der Waals surface area contributed by atoms with Crippen molar-refractivity contribution in [2.24, 2.45) is 0 Å². The van der Waals surface area contributed by atoms with E-state index in [9.17, 15) is 4.79 Å². The maximum absolute atomic E-state index is 12.8. The molecular weight excluding hydrogens is 412 g/mol. The lowest BCUT2D eigenvalue weighted by Crippen LogP contribution is -2.40. The lowest BCUT2D eigenvalue weighted by Gasteiger charge is -2.35. The Morgan fingerprint density at radius 2 is 2.10 bits per heavy atom. The van der Waals surface area contributed by atoms with Crippen LogP contribution in [0.1, 0.15) is 49.5 Å². The van der Waals surface area contributed by atoms with Crippen LogP contribution in [0.4, 0.5) is 11.5 Å². The number of pyridine rings is 1. The van der Waals surface area contributed by atoms with Crippen molar-refractivity contribution in [3.05, 3.63) is 53.4 Å². The van der Waals surface area contributed by atoms with Crippen molar-refractivity contribution < 1.29 is 9.21 Å². The molecule has 7 heteroatoms. The Hall–Kier alpha value is -2.57. The molecule has 1 aliphatic heterocycles. The van der Waals surface area contributed by atoms with Crippen LogP contribution in [0.15, 0.2) is 47.1 Å². The number of carbonyl (C=O) groups is 1. The van der Waals surface area contributed by atoms with Crippen LogP contribution in [0.2, 0.25) is 5.02 Å². The highest BCUT2D eigenvalue weighted by molar-refractivity contribution is 6.30. The van der Waals surface area contributed by atoms with Gasteiger partial charge in [-0.3, -0.25) is 4.79 Å². The zero-order valence-corrected chi connectivity index (χ0v) is 18.6. The maximum atomic E-state index is 12.8. The van der Waals surface area contributed by atoms with Crippen LogP contribution in [-0.2, 0) is 0 Å². The molecule has 3 aromatic rings. The number of carbonyl (C=O) groups excluding carboxylic acids is 1. The number of hydrogen-bond donors (Lipinski definition) is 2. The molecule has 0 aliphatic carbocycles. The number of piperidine rings is 1. The molecule has 164 valence electrons. The fraction of sp³-hybridized carbons (Fsp3) is 0.417. The molecule has 1 amide bonds. The standard InChI is InChI=1S/C24H29ClN4O2/c1-2-19-6-3-4-13-29(19)14-5-12-26-24(30)21-16-22-20(11-15-31-22)23(28-21)27-18-9-7-17(25)8-10-18/h7-11,15-16,19H,2-6,12-14H2,1H3,(H,26,30)(H,27,28)/t19-/m1/s1. The molecular formula is C24H29ClN4O2. The summed E-state index contributed by atoms with van der Waals surface area (Å²) in [6.07, 6.45) is 7.63. The van der Waals surface area contributed by atoms with Crippen LogP contribution < -0.4 is 10.6 Å². The Kier molecular flexibility index (Phi) is 7.10. The summed E-state index contributed by atoms with van der Waals surface area (Å²) in [7, 11) is 0. The molecule has 6 nitrogen and oxygen atoms in total. The van der Waals surface area contributed by atoms with Crippen molar-refractivity contribution >= 4 is 40.0 Å². The zero-order chi connectivity index (χ0) is 21.6. The lowest BCUT2D eigenvalue weighted by atomic mass is 10.00. The largest absolute Gasteiger partial charge is 0.464 e. The van der Waals surface area contributed by atoms with Crippen molar-refractivity contribution in [3.8, 4) is 0 Å². The van der Waals surface area contributed by atoms with E-state index in [4.69, 9.17) is 16.0 Å². The van der Waals surface area contributed by atoms with Gasteiger partial charge in [0.15, 0.2) is 0 Å². The van der Waals surface area contributed by atoms with Crippen LogP contribution in [-0.4, -0.2) is 41.5 Å². The van der Waals surface area contributed by atoms with Gasteiger partial charge in [0.25, 0.3) is 5.91 Å². The number of nitrogens with zero attached hydrogens (tertiary/aromatic N) is 2. The Bertz CT molecular complexity index is 1020. The van der Waals surface area contributed by atoms with Gasteiger partial charge in [-0.05, 0) is 62.6 Å². The third-order valence-electron chi connectivity index (χ3n) is 5.92. The van der Waals surface area contributed by atoms with E-state index in [0.29, 0.717) is 34.7 Å². The zero-order valence-electron chi connectivity index (χ0n) is 17.9. The van der Waals surface area contributed by atoms with Crippen molar-refractivity contribution in [2.45, 2.75) is 45.1 Å². The van der Waals surface area contributed by atoms with E-state index in [0.717, 1.165) is 24.0 Å². The van der Waals surface area contributed by atoms with E-state index in [1.807, 2.05) is 18.2 Å². The molecule has 1 aromatic carbocycles. The normalized spacial score (nSPS) is 17.0.